The number of nitrogens with zero attached hydrogens (tertiary/aromatic N) is 1. The highest BCUT2D eigenvalue weighted by Crippen LogP contribution is 2.31. The summed E-state index contributed by atoms with van der Waals surface area (Å²) in [5.41, 5.74) is 1.88. The summed E-state index contributed by atoms with van der Waals surface area (Å²) in [6, 6.07) is 4.84. The minimum Gasteiger partial charge on any atom is -0.241 e. The largest absolute Gasteiger partial charge is 0.241 e. The van der Waals surface area contributed by atoms with Gasteiger partial charge in [0.05, 0.1) is 5.69 Å². The zero-order valence-electron chi connectivity index (χ0n) is 9.92. The van der Waals surface area contributed by atoms with E-state index >= 15 is 0 Å². The number of rotatable bonds is 1. The number of hydrogen-bond acceptors (Lipinski definition) is 2. The van der Waals surface area contributed by atoms with E-state index in [4.69, 9.17) is 0 Å². The van der Waals surface area contributed by atoms with E-state index < -0.39 is 0 Å². The van der Waals surface area contributed by atoms with E-state index in [-0.39, 0.29) is 11.2 Å². The molecule has 4 heteroatoms. The fraction of sp³-hybridized carbons (Fsp3) is 0.308. The van der Waals surface area contributed by atoms with E-state index in [0.29, 0.717) is 0 Å². The van der Waals surface area contributed by atoms with Crippen molar-refractivity contribution in [3.05, 3.63) is 39.6 Å². The molecule has 0 amide bonds. The maximum atomic E-state index is 13.3. The van der Waals surface area contributed by atoms with Gasteiger partial charge in [-0.05, 0) is 18.2 Å². The zero-order valence-corrected chi connectivity index (χ0v) is 12.3. The van der Waals surface area contributed by atoms with Crippen molar-refractivity contribution in [3.63, 3.8) is 0 Å². The van der Waals surface area contributed by atoms with E-state index in [1.807, 2.05) is 11.4 Å². The Morgan fingerprint density at radius 1 is 1.24 bits per heavy atom. The van der Waals surface area contributed by atoms with E-state index in [0.717, 1.165) is 20.7 Å². The van der Waals surface area contributed by atoms with Crippen LogP contribution < -0.4 is 0 Å². The minimum atomic E-state index is -0.248. The molecule has 0 aliphatic rings. The predicted molar refractivity (Wildman–Crippen MR) is 73.9 cm³/mol. The summed E-state index contributed by atoms with van der Waals surface area (Å²) >= 11 is 4.84. The Labute approximate surface area is 113 Å². The molecule has 2 rings (SSSR count). The first kappa shape index (κ1) is 12.7. The molecule has 1 nitrogen and oxygen atoms in total. The van der Waals surface area contributed by atoms with Crippen molar-refractivity contribution in [1.82, 2.24) is 4.98 Å². The highest BCUT2D eigenvalue weighted by atomic mass is 79.9. The smallest absolute Gasteiger partial charge is 0.125 e. The molecule has 1 aromatic carbocycles. The molecule has 90 valence electrons. The SMILES string of the molecule is CC(C)(C)c1csc(-c2cc(F)cc(Br)c2)n1. The molecular weight excluding hydrogens is 301 g/mol. The second-order valence-electron chi connectivity index (χ2n) is 4.95. The zero-order chi connectivity index (χ0) is 12.6. The van der Waals surface area contributed by atoms with Crippen molar-refractivity contribution >= 4 is 27.3 Å². The average molecular weight is 314 g/mol. The number of aromatic nitrogens is 1. The van der Waals surface area contributed by atoms with Crippen LogP contribution >= 0.6 is 27.3 Å². The molecule has 17 heavy (non-hydrogen) atoms. The lowest BCUT2D eigenvalue weighted by Gasteiger charge is -2.14. The number of benzene rings is 1. The third kappa shape index (κ3) is 2.93. The summed E-state index contributed by atoms with van der Waals surface area (Å²) in [6.07, 6.45) is 0. The summed E-state index contributed by atoms with van der Waals surface area (Å²) in [5.74, 6) is -0.248. The Balaban J connectivity index is 2.44. The predicted octanol–water partition coefficient (Wildman–Crippen LogP) is 5.01. The van der Waals surface area contributed by atoms with E-state index in [2.05, 4.69) is 41.7 Å². The summed E-state index contributed by atoms with van der Waals surface area (Å²) in [6.45, 7) is 6.36. The van der Waals surface area contributed by atoms with Gasteiger partial charge in [0.15, 0.2) is 0 Å². The van der Waals surface area contributed by atoms with Gasteiger partial charge in [-0.25, -0.2) is 9.37 Å². The van der Waals surface area contributed by atoms with Crippen LogP contribution in [0.25, 0.3) is 10.6 Å². The molecule has 0 aliphatic carbocycles. The fourth-order valence-corrected chi connectivity index (χ4v) is 2.93. The molecule has 0 saturated heterocycles. The van der Waals surface area contributed by atoms with Gasteiger partial charge in [0.25, 0.3) is 0 Å². The van der Waals surface area contributed by atoms with E-state index in [1.54, 1.807) is 11.3 Å². The van der Waals surface area contributed by atoms with Gasteiger partial charge in [0.2, 0.25) is 0 Å². The first-order valence-electron chi connectivity index (χ1n) is 5.29. The second kappa shape index (κ2) is 4.50. The van der Waals surface area contributed by atoms with Crippen LogP contribution in [0.2, 0.25) is 0 Å². The van der Waals surface area contributed by atoms with Crippen LogP contribution in [0.1, 0.15) is 26.5 Å². The quantitative estimate of drug-likeness (QED) is 0.721. The maximum absolute atomic E-state index is 13.3. The molecule has 0 aliphatic heterocycles. The summed E-state index contributed by atoms with van der Waals surface area (Å²) in [5, 5.41) is 2.89. The monoisotopic (exact) mass is 313 g/mol. The third-order valence-corrected chi connectivity index (χ3v) is 3.73. The normalized spacial score (nSPS) is 11.8. The molecule has 0 spiro atoms. The highest BCUT2D eigenvalue weighted by molar-refractivity contribution is 9.10. The van der Waals surface area contributed by atoms with Crippen LogP contribution in [-0.2, 0) is 5.41 Å². The Morgan fingerprint density at radius 3 is 2.47 bits per heavy atom. The van der Waals surface area contributed by atoms with Crippen molar-refractivity contribution < 1.29 is 4.39 Å². The average Bonchev–Trinajstić information content (AvgIpc) is 2.63. The fourth-order valence-electron chi connectivity index (χ4n) is 1.43. The van der Waals surface area contributed by atoms with E-state index in [1.165, 1.54) is 12.1 Å². The van der Waals surface area contributed by atoms with Gasteiger partial charge in [-0.1, -0.05) is 36.7 Å². The van der Waals surface area contributed by atoms with Crippen LogP contribution in [0.5, 0.6) is 0 Å². The topological polar surface area (TPSA) is 12.9 Å². The number of thiazole rings is 1. The molecule has 0 bridgehead atoms. The first-order valence-corrected chi connectivity index (χ1v) is 6.96. The standard InChI is InChI=1S/C13H13BrFNS/c1-13(2,3)11-7-17-12(16-11)8-4-9(14)6-10(15)5-8/h4-7H,1-3H3. The minimum absolute atomic E-state index is 0.0271. The van der Waals surface area contributed by atoms with Gasteiger partial charge in [-0.15, -0.1) is 11.3 Å². The molecule has 0 N–H and O–H groups in total. The molecule has 2 aromatic rings. The highest BCUT2D eigenvalue weighted by Gasteiger charge is 2.18. The molecule has 1 heterocycles. The van der Waals surface area contributed by atoms with Gasteiger partial charge >= 0.3 is 0 Å². The maximum Gasteiger partial charge on any atom is 0.125 e. The number of halogens is 2. The molecule has 0 fully saturated rings. The third-order valence-electron chi connectivity index (χ3n) is 2.38. The van der Waals surface area contributed by atoms with Gasteiger partial charge in [0, 0.05) is 20.8 Å². The molecular formula is C13H13BrFNS. The summed E-state index contributed by atoms with van der Waals surface area (Å²) < 4.78 is 14.0. The van der Waals surface area contributed by atoms with Crippen LogP contribution in [-0.4, -0.2) is 4.98 Å². The van der Waals surface area contributed by atoms with Crippen LogP contribution in [0.3, 0.4) is 0 Å². The van der Waals surface area contributed by atoms with Gasteiger partial charge in [-0.3, -0.25) is 0 Å². The van der Waals surface area contributed by atoms with Gasteiger partial charge in [0.1, 0.15) is 10.8 Å². The van der Waals surface area contributed by atoms with Crippen molar-refractivity contribution in [3.8, 4) is 10.6 Å². The van der Waals surface area contributed by atoms with Crippen molar-refractivity contribution in [2.75, 3.05) is 0 Å². The van der Waals surface area contributed by atoms with Crippen LogP contribution in [0, 0.1) is 5.82 Å². The Kier molecular flexibility index (Phi) is 3.36. The van der Waals surface area contributed by atoms with E-state index in [9.17, 15) is 4.39 Å². The van der Waals surface area contributed by atoms with Crippen LogP contribution in [0.15, 0.2) is 28.1 Å². The lowest BCUT2D eigenvalue weighted by Crippen LogP contribution is -2.11. The Hall–Kier alpha value is -0.740. The van der Waals surface area contributed by atoms with Gasteiger partial charge < -0.3 is 0 Å². The summed E-state index contributed by atoms with van der Waals surface area (Å²) in [4.78, 5) is 4.56. The second-order valence-corrected chi connectivity index (χ2v) is 6.72. The molecule has 0 unspecified atom stereocenters. The first-order chi connectivity index (χ1) is 7.86. The van der Waals surface area contributed by atoms with Gasteiger partial charge in [-0.2, -0.15) is 0 Å². The molecule has 0 atom stereocenters. The van der Waals surface area contributed by atoms with Crippen molar-refractivity contribution in [2.45, 2.75) is 26.2 Å². The van der Waals surface area contributed by atoms with Crippen molar-refractivity contribution in [1.29, 1.82) is 0 Å². The lowest BCUT2D eigenvalue weighted by atomic mass is 9.93. The Morgan fingerprint density at radius 2 is 1.94 bits per heavy atom. The molecule has 1 aromatic heterocycles. The number of hydrogen-bond donors (Lipinski definition) is 0. The molecule has 0 radical (unpaired) electrons. The van der Waals surface area contributed by atoms with Crippen molar-refractivity contribution in [2.24, 2.45) is 0 Å². The van der Waals surface area contributed by atoms with Crippen LogP contribution in [0.4, 0.5) is 4.39 Å². The Bertz CT molecular complexity index is 522. The molecule has 0 saturated carbocycles. The lowest BCUT2D eigenvalue weighted by molar-refractivity contribution is 0.573. The summed E-state index contributed by atoms with van der Waals surface area (Å²) in [7, 11) is 0.